The van der Waals surface area contributed by atoms with E-state index in [-0.39, 0.29) is 36.9 Å². The summed E-state index contributed by atoms with van der Waals surface area (Å²) in [6, 6.07) is 19.8. The summed E-state index contributed by atoms with van der Waals surface area (Å²) in [6.45, 7) is 0.403. The predicted octanol–water partition coefficient (Wildman–Crippen LogP) is 2.47. The van der Waals surface area contributed by atoms with Gasteiger partial charge in [0.05, 0.1) is 5.56 Å². The Balaban J connectivity index is 1.39. The van der Waals surface area contributed by atoms with Gasteiger partial charge in [-0.15, -0.1) is 0 Å². The zero-order valence-corrected chi connectivity index (χ0v) is 14.6. The van der Waals surface area contributed by atoms with Gasteiger partial charge in [0, 0.05) is 13.1 Å². The normalized spacial score (nSPS) is 10.4. The molecule has 2 amide bonds. The number of aromatic hydroxyl groups is 1. The Morgan fingerprint density at radius 1 is 0.852 bits per heavy atom. The molecular formula is C21H20N2O4. The van der Waals surface area contributed by atoms with Gasteiger partial charge in [-0.05, 0) is 35.0 Å². The van der Waals surface area contributed by atoms with E-state index in [9.17, 15) is 14.7 Å². The number of amides is 2. The van der Waals surface area contributed by atoms with Crippen LogP contribution in [-0.4, -0.2) is 36.6 Å². The molecule has 27 heavy (non-hydrogen) atoms. The van der Waals surface area contributed by atoms with Gasteiger partial charge in [0.15, 0.2) is 6.61 Å². The standard InChI is InChI=1S/C21H20N2O4/c24-19-8-4-3-7-18(19)21(26)23-12-11-22-20(25)14-27-17-10-9-15-5-1-2-6-16(15)13-17/h1-10,13,24H,11-12,14H2,(H,22,25)(H,23,26). The first-order valence-corrected chi connectivity index (χ1v) is 8.58. The van der Waals surface area contributed by atoms with Crippen molar-refractivity contribution in [2.24, 2.45) is 0 Å². The molecule has 138 valence electrons. The van der Waals surface area contributed by atoms with Crippen LogP contribution in [0.5, 0.6) is 11.5 Å². The minimum Gasteiger partial charge on any atom is -0.507 e. The summed E-state index contributed by atoms with van der Waals surface area (Å²) in [5.41, 5.74) is 0.198. The lowest BCUT2D eigenvalue weighted by Gasteiger charge is -2.09. The van der Waals surface area contributed by atoms with Crippen LogP contribution in [0, 0.1) is 0 Å². The van der Waals surface area contributed by atoms with E-state index < -0.39 is 5.91 Å². The van der Waals surface area contributed by atoms with Crippen LogP contribution >= 0.6 is 0 Å². The number of nitrogens with one attached hydrogen (secondary N) is 2. The molecular weight excluding hydrogens is 344 g/mol. The molecule has 3 N–H and O–H groups in total. The van der Waals surface area contributed by atoms with E-state index in [0.29, 0.717) is 5.75 Å². The number of phenols is 1. The molecule has 0 radical (unpaired) electrons. The number of rotatable bonds is 7. The van der Waals surface area contributed by atoms with Crippen molar-refractivity contribution < 1.29 is 19.4 Å². The van der Waals surface area contributed by atoms with Gasteiger partial charge in [-0.3, -0.25) is 9.59 Å². The number of carbonyl (C=O) groups is 2. The zero-order chi connectivity index (χ0) is 19.1. The number of benzene rings is 3. The molecule has 0 bridgehead atoms. The van der Waals surface area contributed by atoms with Gasteiger partial charge in [-0.25, -0.2) is 0 Å². The van der Waals surface area contributed by atoms with E-state index in [4.69, 9.17) is 4.74 Å². The molecule has 0 aromatic heterocycles. The van der Waals surface area contributed by atoms with Crippen LogP contribution in [0.25, 0.3) is 10.8 Å². The maximum Gasteiger partial charge on any atom is 0.258 e. The molecule has 0 fully saturated rings. The van der Waals surface area contributed by atoms with Crippen molar-refractivity contribution >= 4 is 22.6 Å². The maximum atomic E-state index is 11.9. The molecule has 0 spiro atoms. The third-order valence-corrected chi connectivity index (χ3v) is 3.97. The topological polar surface area (TPSA) is 87.7 Å². The Labute approximate surface area is 156 Å². The third-order valence-electron chi connectivity index (χ3n) is 3.97. The smallest absolute Gasteiger partial charge is 0.258 e. The number of carbonyl (C=O) groups excluding carboxylic acids is 2. The number of para-hydroxylation sites is 1. The Kier molecular flexibility index (Phi) is 5.89. The Morgan fingerprint density at radius 2 is 1.56 bits per heavy atom. The summed E-state index contributed by atoms with van der Waals surface area (Å²) in [7, 11) is 0. The van der Waals surface area contributed by atoms with Gasteiger partial charge in [0.25, 0.3) is 11.8 Å². The summed E-state index contributed by atoms with van der Waals surface area (Å²) in [6.07, 6.45) is 0. The summed E-state index contributed by atoms with van der Waals surface area (Å²) in [5.74, 6) is -0.130. The minimum atomic E-state index is -0.394. The number of hydrogen-bond donors (Lipinski definition) is 3. The third kappa shape index (κ3) is 4.98. The van der Waals surface area contributed by atoms with Gasteiger partial charge >= 0.3 is 0 Å². The van der Waals surface area contributed by atoms with Gasteiger partial charge < -0.3 is 20.5 Å². The second kappa shape index (κ2) is 8.71. The highest BCUT2D eigenvalue weighted by atomic mass is 16.5. The average molecular weight is 364 g/mol. The maximum absolute atomic E-state index is 11.9. The first kappa shape index (κ1) is 18.3. The minimum absolute atomic E-state index is 0.0807. The molecule has 0 aliphatic rings. The van der Waals surface area contributed by atoms with Crippen molar-refractivity contribution in [1.29, 1.82) is 0 Å². The Bertz CT molecular complexity index is 956. The Morgan fingerprint density at radius 3 is 2.37 bits per heavy atom. The van der Waals surface area contributed by atoms with Crippen molar-refractivity contribution in [3.05, 3.63) is 72.3 Å². The number of fused-ring (bicyclic) bond motifs is 1. The van der Waals surface area contributed by atoms with E-state index >= 15 is 0 Å². The highest BCUT2D eigenvalue weighted by molar-refractivity contribution is 5.96. The molecule has 0 unspecified atom stereocenters. The van der Waals surface area contributed by atoms with Gasteiger partial charge in [-0.1, -0.05) is 42.5 Å². The molecule has 3 rings (SSSR count). The van der Waals surface area contributed by atoms with Crippen LogP contribution in [0.1, 0.15) is 10.4 Å². The van der Waals surface area contributed by atoms with Gasteiger partial charge in [-0.2, -0.15) is 0 Å². The lowest BCUT2D eigenvalue weighted by Crippen LogP contribution is -2.36. The van der Waals surface area contributed by atoms with Crippen LogP contribution in [0.15, 0.2) is 66.7 Å². The lowest BCUT2D eigenvalue weighted by atomic mass is 10.1. The largest absolute Gasteiger partial charge is 0.507 e. The highest BCUT2D eigenvalue weighted by Crippen LogP contribution is 2.20. The molecule has 0 saturated carbocycles. The summed E-state index contributed by atoms with van der Waals surface area (Å²) in [4.78, 5) is 23.8. The monoisotopic (exact) mass is 364 g/mol. The van der Waals surface area contributed by atoms with Crippen molar-refractivity contribution in [3.8, 4) is 11.5 Å². The second-order valence-electron chi connectivity index (χ2n) is 5.92. The number of hydrogen-bond acceptors (Lipinski definition) is 4. The average Bonchev–Trinajstić information content (AvgIpc) is 2.69. The predicted molar refractivity (Wildman–Crippen MR) is 103 cm³/mol. The second-order valence-corrected chi connectivity index (χ2v) is 5.92. The molecule has 0 aliphatic heterocycles. The fraction of sp³-hybridized carbons (Fsp3) is 0.143. The van der Waals surface area contributed by atoms with E-state index in [0.717, 1.165) is 10.8 Å². The van der Waals surface area contributed by atoms with E-state index in [1.807, 2.05) is 42.5 Å². The number of phenolic OH excluding ortho intramolecular Hbond substituents is 1. The summed E-state index contributed by atoms with van der Waals surface area (Å²) >= 11 is 0. The summed E-state index contributed by atoms with van der Waals surface area (Å²) in [5, 5.41) is 17.1. The number of ether oxygens (including phenoxy) is 1. The zero-order valence-electron chi connectivity index (χ0n) is 14.6. The van der Waals surface area contributed by atoms with Crippen LogP contribution in [0.3, 0.4) is 0 Å². The molecule has 6 nitrogen and oxygen atoms in total. The fourth-order valence-corrected chi connectivity index (χ4v) is 2.60. The SMILES string of the molecule is O=C(COc1ccc2ccccc2c1)NCCNC(=O)c1ccccc1O. The molecule has 0 atom stereocenters. The summed E-state index contributed by atoms with van der Waals surface area (Å²) < 4.78 is 5.51. The van der Waals surface area contributed by atoms with Crippen LogP contribution in [0.2, 0.25) is 0 Å². The first-order valence-electron chi connectivity index (χ1n) is 8.58. The quantitative estimate of drug-likeness (QED) is 0.562. The van der Waals surface area contributed by atoms with E-state index in [2.05, 4.69) is 10.6 Å². The molecule has 0 aliphatic carbocycles. The van der Waals surface area contributed by atoms with Gasteiger partial charge in [0.1, 0.15) is 11.5 Å². The lowest BCUT2D eigenvalue weighted by molar-refractivity contribution is -0.123. The van der Waals surface area contributed by atoms with E-state index in [1.54, 1.807) is 12.1 Å². The van der Waals surface area contributed by atoms with Gasteiger partial charge in [0.2, 0.25) is 0 Å². The van der Waals surface area contributed by atoms with Crippen molar-refractivity contribution in [2.45, 2.75) is 0 Å². The van der Waals surface area contributed by atoms with Crippen LogP contribution in [-0.2, 0) is 4.79 Å². The molecule has 3 aromatic carbocycles. The first-order chi connectivity index (χ1) is 13.1. The highest BCUT2D eigenvalue weighted by Gasteiger charge is 2.09. The molecule has 3 aromatic rings. The molecule has 6 heteroatoms. The van der Waals surface area contributed by atoms with Crippen molar-refractivity contribution in [2.75, 3.05) is 19.7 Å². The van der Waals surface area contributed by atoms with Crippen molar-refractivity contribution in [1.82, 2.24) is 10.6 Å². The fourth-order valence-electron chi connectivity index (χ4n) is 2.60. The van der Waals surface area contributed by atoms with E-state index in [1.165, 1.54) is 12.1 Å². The molecule has 0 heterocycles. The molecule has 0 saturated heterocycles. The van der Waals surface area contributed by atoms with Crippen LogP contribution < -0.4 is 15.4 Å². The van der Waals surface area contributed by atoms with Crippen molar-refractivity contribution in [3.63, 3.8) is 0 Å². The Hall–Kier alpha value is -3.54. The van der Waals surface area contributed by atoms with Crippen LogP contribution in [0.4, 0.5) is 0 Å².